The van der Waals surface area contributed by atoms with E-state index < -0.39 is 10.3 Å². The third-order valence-corrected chi connectivity index (χ3v) is 2.13. The van der Waals surface area contributed by atoms with Crippen LogP contribution in [0.5, 0.6) is 0 Å². The SMILES string of the molecule is O=S(=O)([O-])Nc1cccs1.[Na+]. The second-order valence-electron chi connectivity index (χ2n) is 1.53. The Hall–Kier alpha value is 0.410. The van der Waals surface area contributed by atoms with Crippen LogP contribution < -0.4 is 34.3 Å². The van der Waals surface area contributed by atoms with Crippen molar-refractivity contribution in [3.05, 3.63) is 17.5 Å². The minimum atomic E-state index is -4.34. The van der Waals surface area contributed by atoms with Crippen molar-refractivity contribution in [3.8, 4) is 0 Å². The van der Waals surface area contributed by atoms with Crippen LogP contribution in [0.2, 0.25) is 0 Å². The van der Waals surface area contributed by atoms with Crippen LogP contribution in [-0.4, -0.2) is 13.0 Å². The topological polar surface area (TPSA) is 69.2 Å². The molecule has 0 atom stereocenters. The first-order valence-corrected chi connectivity index (χ1v) is 4.64. The first-order valence-electron chi connectivity index (χ1n) is 2.35. The summed E-state index contributed by atoms with van der Waals surface area (Å²) >= 11 is 1.16. The molecule has 0 aliphatic rings. The fraction of sp³-hybridized carbons (Fsp3) is 0. The van der Waals surface area contributed by atoms with Gasteiger partial charge in [0.05, 0.1) is 0 Å². The van der Waals surface area contributed by atoms with Gasteiger partial charge in [-0.05, 0) is 17.5 Å². The molecule has 0 radical (unpaired) electrons. The van der Waals surface area contributed by atoms with Crippen LogP contribution in [0, 0.1) is 0 Å². The van der Waals surface area contributed by atoms with Gasteiger partial charge in [-0.25, -0.2) is 8.42 Å². The maximum atomic E-state index is 10.0. The standard InChI is InChI=1S/C4H5NO3S2.Na/c6-10(7,8)5-4-2-1-3-9-4;/h1-3,5H,(H,6,7,8);/q;+1/p-1. The molecule has 56 valence electrons. The summed E-state index contributed by atoms with van der Waals surface area (Å²) in [7, 11) is -4.34. The molecule has 1 aromatic rings. The summed E-state index contributed by atoms with van der Waals surface area (Å²) in [5, 5.41) is 2.02. The van der Waals surface area contributed by atoms with Gasteiger partial charge < -0.3 is 4.55 Å². The van der Waals surface area contributed by atoms with Gasteiger partial charge in [-0.1, -0.05) is 0 Å². The Morgan fingerprint density at radius 1 is 1.55 bits per heavy atom. The molecule has 0 unspecified atom stereocenters. The summed E-state index contributed by atoms with van der Waals surface area (Å²) in [6, 6.07) is 3.16. The maximum Gasteiger partial charge on any atom is 1.00 e. The van der Waals surface area contributed by atoms with Gasteiger partial charge >= 0.3 is 29.6 Å². The van der Waals surface area contributed by atoms with Gasteiger partial charge in [0.25, 0.3) is 0 Å². The van der Waals surface area contributed by atoms with Gasteiger partial charge in [0, 0.05) is 0 Å². The first-order chi connectivity index (χ1) is 4.58. The van der Waals surface area contributed by atoms with Crippen molar-refractivity contribution in [1.29, 1.82) is 0 Å². The Labute approximate surface area is 90.8 Å². The average molecular weight is 201 g/mol. The molecule has 0 aliphatic heterocycles. The van der Waals surface area contributed by atoms with Crippen LogP contribution in [-0.2, 0) is 10.3 Å². The molecule has 0 aromatic carbocycles. The van der Waals surface area contributed by atoms with E-state index in [0.717, 1.165) is 11.3 Å². The van der Waals surface area contributed by atoms with E-state index in [9.17, 15) is 13.0 Å². The summed E-state index contributed by atoms with van der Waals surface area (Å²) in [5.74, 6) is 0. The van der Waals surface area contributed by atoms with Gasteiger partial charge in [0.2, 0.25) is 0 Å². The summed E-state index contributed by atoms with van der Waals surface area (Å²) in [5.41, 5.74) is 0. The second-order valence-corrected chi connectivity index (χ2v) is 3.59. The number of anilines is 1. The zero-order chi connectivity index (χ0) is 7.61. The Bertz CT molecular complexity index is 293. The molecule has 1 aromatic heterocycles. The third kappa shape index (κ3) is 4.78. The summed E-state index contributed by atoms with van der Waals surface area (Å²) in [6.07, 6.45) is 0. The Morgan fingerprint density at radius 2 is 2.18 bits per heavy atom. The number of nitrogens with one attached hydrogen (secondary N) is 1. The smallest absolute Gasteiger partial charge is 0.731 e. The van der Waals surface area contributed by atoms with Crippen molar-refractivity contribution < 1.29 is 42.5 Å². The molecule has 0 saturated heterocycles. The molecule has 1 N–H and O–H groups in total. The minimum Gasteiger partial charge on any atom is -0.731 e. The predicted molar refractivity (Wildman–Crippen MR) is 37.6 cm³/mol. The Balaban J connectivity index is 0.000001000. The molecule has 7 heteroatoms. The van der Waals surface area contributed by atoms with E-state index in [-0.39, 0.29) is 29.6 Å². The number of hydrogen-bond acceptors (Lipinski definition) is 4. The van der Waals surface area contributed by atoms with E-state index in [2.05, 4.69) is 0 Å². The van der Waals surface area contributed by atoms with Crippen molar-refractivity contribution in [3.63, 3.8) is 0 Å². The van der Waals surface area contributed by atoms with Crippen molar-refractivity contribution in [2.45, 2.75) is 0 Å². The van der Waals surface area contributed by atoms with Crippen molar-refractivity contribution >= 4 is 26.6 Å². The van der Waals surface area contributed by atoms with Crippen LogP contribution in [0.25, 0.3) is 0 Å². The van der Waals surface area contributed by atoms with Gasteiger partial charge in [0.15, 0.2) is 10.3 Å². The van der Waals surface area contributed by atoms with E-state index in [0.29, 0.717) is 5.00 Å². The van der Waals surface area contributed by atoms with Gasteiger partial charge in [-0.15, -0.1) is 11.3 Å². The molecular weight excluding hydrogens is 197 g/mol. The molecular formula is C4H4NNaO3S2. The summed E-state index contributed by atoms with van der Waals surface area (Å²) in [6.45, 7) is 0. The van der Waals surface area contributed by atoms with E-state index in [1.165, 1.54) is 6.07 Å². The molecule has 11 heavy (non-hydrogen) atoms. The number of hydrogen-bond donors (Lipinski definition) is 1. The molecule has 0 aliphatic carbocycles. The number of rotatable bonds is 2. The Kier molecular flexibility index (Phi) is 4.60. The number of thiophene rings is 1. The van der Waals surface area contributed by atoms with E-state index in [1.807, 2.05) is 0 Å². The van der Waals surface area contributed by atoms with Crippen molar-refractivity contribution in [2.24, 2.45) is 0 Å². The normalized spacial score (nSPS) is 10.3. The molecule has 0 saturated carbocycles. The zero-order valence-electron chi connectivity index (χ0n) is 5.77. The van der Waals surface area contributed by atoms with Crippen LogP contribution in [0.15, 0.2) is 17.5 Å². The molecule has 0 fully saturated rings. The zero-order valence-corrected chi connectivity index (χ0v) is 9.41. The van der Waals surface area contributed by atoms with E-state index >= 15 is 0 Å². The van der Waals surface area contributed by atoms with Crippen molar-refractivity contribution in [2.75, 3.05) is 4.72 Å². The van der Waals surface area contributed by atoms with Crippen LogP contribution in [0.4, 0.5) is 5.00 Å². The van der Waals surface area contributed by atoms with Gasteiger partial charge in [-0.3, -0.25) is 4.72 Å². The monoisotopic (exact) mass is 201 g/mol. The van der Waals surface area contributed by atoms with E-state index in [4.69, 9.17) is 0 Å². The molecule has 0 spiro atoms. The molecule has 1 heterocycles. The molecule has 0 bridgehead atoms. The van der Waals surface area contributed by atoms with Gasteiger partial charge in [-0.2, -0.15) is 0 Å². The largest absolute Gasteiger partial charge is 1.00 e. The molecule has 4 nitrogen and oxygen atoms in total. The van der Waals surface area contributed by atoms with Crippen LogP contribution in [0.3, 0.4) is 0 Å². The first kappa shape index (κ1) is 11.4. The van der Waals surface area contributed by atoms with E-state index in [1.54, 1.807) is 16.2 Å². The van der Waals surface area contributed by atoms with Crippen LogP contribution in [0.1, 0.15) is 0 Å². The second kappa shape index (κ2) is 4.44. The average Bonchev–Trinajstić information content (AvgIpc) is 2.12. The molecule has 1 rings (SSSR count). The quantitative estimate of drug-likeness (QED) is 0.429. The maximum absolute atomic E-state index is 10.0. The minimum absolute atomic E-state index is 0. The Morgan fingerprint density at radius 3 is 2.55 bits per heavy atom. The fourth-order valence-electron chi connectivity index (χ4n) is 0.460. The fourth-order valence-corrected chi connectivity index (χ4v) is 1.73. The van der Waals surface area contributed by atoms with Gasteiger partial charge in [0.1, 0.15) is 5.00 Å². The predicted octanol–water partition coefficient (Wildman–Crippen LogP) is -2.38. The molecule has 0 amide bonds. The summed E-state index contributed by atoms with van der Waals surface area (Å²) < 4.78 is 31.9. The van der Waals surface area contributed by atoms with Crippen molar-refractivity contribution in [1.82, 2.24) is 0 Å². The summed E-state index contributed by atoms with van der Waals surface area (Å²) in [4.78, 5) is 0. The third-order valence-electron chi connectivity index (χ3n) is 0.747. The van der Waals surface area contributed by atoms with Crippen LogP contribution >= 0.6 is 11.3 Å².